The van der Waals surface area contributed by atoms with Crippen LogP contribution in [0.25, 0.3) is 0 Å². The first-order chi connectivity index (χ1) is 12.7. The molecule has 0 saturated carbocycles. The van der Waals surface area contributed by atoms with Crippen molar-refractivity contribution >= 4 is 23.5 Å². The monoisotopic (exact) mass is 378 g/mol. The lowest BCUT2D eigenvalue weighted by molar-refractivity contribution is -0.286. The number of alkyl halides is 2. The molecule has 3 N–H and O–H groups in total. The Morgan fingerprint density at radius 2 is 1.63 bits per heavy atom. The van der Waals surface area contributed by atoms with Crippen molar-refractivity contribution in [2.45, 2.75) is 6.29 Å². The van der Waals surface area contributed by atoms with E-state index in [2.05, 4.69) is 14.8 Å². The molecule has 10 heteroatoms. The summed E-state index contributed by atoms with van der Waals surface area (Å²) in [4.78, 5) is 34.7. The molecule has 0 fully saturated rings. The molecule has 0 aromatic heterocycles. The van der Waals surface area contributed by atoms with Gasteiger partial charge in [-0.1, -0.05) is 0 Å². The number of hydrogen-bond acceptors (Lipinski definition) is 6. The van der Waals surface area contributed by atoms with Gasteiger partial charge in [-0.05, 0) is 36.4 Å². The zero-order chi connectivity index (χ0) is 19.6. The number of esters is 1. The fourth-order valence-electron chi connectivity index (χ4n) is 2.21. The summed E-state index contributed by atoms with van der Waals surface area (Å²) in [7, 11) is 0. The van der Waals surface area contributed by atoms with Crippen molar-refractivity contribution in [2.24, 2.45) is 5.73 Å². The van der Waals surface area contributed by atoms with Gasteiger partial charge >= 0.3 is 12.3 Å². The zero-order valence-electron chi connectivity index (χ0n) is 13.5. The third kappa shape index (κ3) is 4.29. The fraction of sp³-hybridized carbons (Fsp3) is 0.118. The van der Waals surface area contributed by atoms with E-state index in [1.165, 1.54) is 36.4 Å². The van der Waals surface area contributed by atoms with Gasteiger partial charge in [-0.15, -0.1) is 8.78 Å². The number of nitrogens with one attached hydrogen (secondary N) is 1. The van der Waals surface area contributed by atoms with Gasteiger partial charge in [0.15, 0.2) is 18.1 Å². The SMILES string of the molecule is NC(=O)c1ccc(C(=O)OCC(=O)Nc2ccc3c(c2)OC(F)(F)O3)cc1. The Balaban J connectivity index is 1.54. The summed E-state index contributed by atoms with van der Waals surface area (Å²) in [6.07, 6.45) is -3.76. The summed E-state index contributed by atoms with van der Waals surface area (Å²) in [5, 5.41) is 2.37. The number of nitrogens with two attached hydrogens (primary N) is 1. The van der Waals surface area contributed by atoms with Gasteiger partial charge in [-0.3, -0.25) is 9.59 Å². The minimum atomic E-state index is -3.76. The number of rotatable bonds is 5. The molecule has 1 heterocycles. The van der Waals surface area contributed by atoms with Crippen LogP contribution in [0.4, 0.5) is 14.5 Å². The van der Waals surface area contributed by atoms with Crippen LogP contribution < -0.4 is 20.5 Å². The van der Waals surface area contributed by atoms with Crippen LogP contribution in [0.2, 0.25) is 0 Å². The molecular formula is C17H12F2N2O6. The molecular weight excluding hydrogens is 366 g/mol. The minimum absolute atomic E-state index is 0.123. The number of amides is 2. The Bertz CT molecular complexity index is 914. The number of carbonyl (C=O) groups is 3. The number of hydrogen-bond donors (Lipinski definition) is 2. The van der Waals surface area contributed by atoms with Crippen LogP contribution in [0.3, 0.4) is 0 Å². The molecule has 1 aliphatic rings. The molecule has 0 saturated heterocycles. The van der Waals surface area contributed by atoms with Gasteiger partial charge < -0.3 is 25.3 Å². The second kappa shape index (κ2) is 6.90. The van der Waals surface area contributed by atoms with Crippen LogP contribution in [0.1, 0.15) is 20.7 Å². The predicted octanol–water partition coefficient (Wildman–Crippen LogP) is 1.90. The van der Waals surface area contributed by atoms with Gasteiger partial charge in [0, 0.05) is 17.3 Å². The van der Waals surface area contributed by atoms with E-state index >= 15 is 0 Å². The topological polar surface area (TPSA) is 117 Å². The van der Waals surface area contributed by atoms with Gasteiger partial charge in [0.25, 0.3) is 5.91 Å². The van der Waals surface area contributed by atoms with Gasteiger partial charge in [-0.2, -0.15) is 0 Å². The molecule has 0 bridgehead atoms. The van der Waals surface area contributed by atoms with E-state index in [4.69, 9.17) is 10.5 Å². The minimum Gasteiger partial charge on any atom is -0.452 e. The lowest BCUT2D eigenvalue weighted by atomic mass is 10.1. The molecule has 0 atom stereocenters. The Hall–Kier alpha value is -3.69. The van der Waals surface area contributed by atoms with Crippen molar-refractivity contribution in [2.75, 3.05) is 11.9 Å². The number of fused-ring (bicyclic) bond motifs is 1. The van der Waals surface area contributed by atoms with E-state index in [0.29, 0.717) is 0 Å². The van der Waals surface area contributed by atoms with Crippen molar-refractivity contribution < 1.29 is 37.4 Å². The highest BCUT2D eigenvalue weighted by molar-refractivity contribution is 5.97. The largest absolute Gasteiger partial charge is 0.586 e. The van der Waals surface area contributed by atoms with E-state index in [9.17, 15) is 23.2 Å². The van der Waals surface area contributed by atoms with E-state index < -0.39 is 30.7 Å². The van der Waals surface area contributed by atoms with Gasteiger partial charge in [-0.25, -0.2) is 4.79 Å². The molecule has 3 rings (SSSR count). The van der Waals surface area contributed by atoms with Crippen LogP contribution in [0, 0.1) is 0 Å². The highest BCUT2D eigenvalue weighted by Crippen LogP contribution is 2.42. The summed E-state index contributed by atoms with van der Waals surface area (Å²) >= 11 is 0. The van der Waals surface area contributed by atoms with Crippen LogP contribution >= 0.6 is 0 Å². The summed E-state index contributed by atoms with van der Waals surface area (Å²) < 4.78 is 39.3. The van der Waals surface area contributed by atoms with E-state index in [1.807, 2.05) is 0 Å². The molecule has 2 aromatic carbocycles. The second-order valence-electron chi connectivity index (χ2n) is 5.39. The Labute approximate surface area is 150 Å². The lowest BCUT2D eigenvalue weighted by Gasteiger charge is -2.07. The normalized spacial score (nSPS) is 13.7. The maximum atomic E-state index is 13.0. The Morgan fingerprint density at radius 1 is 1.00 bits per heavy atom. The Kier molecular flexibility index (Phi) is 4.63. The molecule has 8 nitrogen and oxygen atoms in total. The summed E-state index contributed by atoms with van der Waals surface area (Å²) in [5.41, 5.74) is 5.59. The van der Waals surface area contributed by atoms with Crippen LogP contribution in [0.5, 0.6) is 11.5 Å². The third-order valence-electron chi connectivity index (χ3n) is 3.42. The molecule has 0 unspecified atom stereocenters. The maximum Gasteiger partial charge on any atom is 0.586 e. The van der Waals surface area contributed by atoms with Crippen molar-refractivity contribution in [3.63, 3.8) is 0 Å². The predicted molar refractivity (Wildman–Crippen MR) is 86.5 cm³/mol. The summed E-state index contributed by atoms with van der Waals surface area (Å²) in [6.45, 7) is -0.610. The smallest absolute Gasteiger partial charge is 0.452 e. The lowest BCUT2D eigenvalue weighted by Crippen LogP contribution is -2.25. The number of anilines is 1. The molecule has 140 valence electrons. The summed E-state index contributed by atoms with van der Waals surface area (Å²) in [6, 6.07) is 9.04. The number of carbonyl (C=O) groups excluding carboxylic acids is 3. The standard InChI is InChI=1S/C17H12F2N2O6/c18-17(19)26-12-6-5-11(7-13(12)27-17)21-14(22)8-25-16(24)10-3-1-9(2-4-10)15(20)23/h1-7H,8H2,(H2,20,23)(H,21,22). The number of ether oxygens (including phenoxy) is 3. The Morgan fingerprint density at radius 3 is 2.30 bits per heavy atom. The van der Waals surface area contributed by atoms with Crippen molar-refractivity contribution in [1.29, 1.82) is 0 Å². The highest BCUT2D eigenvalue weighted by atomic mass is 19.3. The van der Waals surface area contributed by atoms with Gasteiger partial charge in [0.1, 0.15) is 0 Å². The fourth-order valence-corrected chi connectivity index (χ4v) is 2.21. The van der Waals surface area contributed by atoms with Crippen molar-refractivity contribution in [1.82, 2.24) is 0 Å². The van der Waals surface area contributed by atoms with Crippen LogP contribution in [-0.2, 0) is 9.53 Å². The number of benzene rings is 2. The molecule has 1 aliphatic heterocycles. The third-order valence-corrected chi connectivity index (χ3v) is 3.42. The molecule has 0 spiro atoms. The van der Waals surface area contributed by atoms with Crippen LogP contribution in [0.15, 0.2) is 42.5 Å². The highest BCUT2D eigenvalue weighted by Gasteiger charge is 2.43. The van der Waals surface area contributed by atoms with Gasteiger partial charge in [0.2, 0.25) is 5.91 Å². The van der Waals surface area contributed by atoms with Crippen LogP contribution in [-0.4, -0.2) is 30.7 Å². The van der Waals surface area contributed by atoms with Crippen molar-refractivity contribution in [3.05, 3.63) is 53.6 Å². The van der Waals surface area contributed by atoms with E-state index in [-0.39, 0.29) is 28.3 Å². The molecule has 27 heavy (non-hydrogen) atoms. The zero-order valence-corrected chi connectivity index (χ0v) is 13.5. The number of primary amides is 1. The molecule has 0 radical (unpaired) electrons. The second-order valence-corrected chi connectivity index (χ2v) is 5.39. The van der Waals surface area contributed by atoms with Gasteiger partial charge in [0.05, 0.1) is 5.56 Å². The van der Waals surface area contributed by atoms with E-state index in [1.54, 1.807) is 0 Å². The molecule has 2 aromatic rings. The van der Waals surface area contributed by atoms with E-state index in [0.717, 1.165) is 6.07 Å². The average molecular weight is 378 g/mol. The molecule has 2 amide bonds. The summed E-state index contributed by atoms with van der Waals surface area (Å²) in [5.74, 6) is -2.52. The first-order valence-corrected chi connectivity index (χ1v) is 7.50. The quantitative estimate of drug-likeness (QED) is 0.768. The maximum absolute atomic E-state index is 13.0. The first-order valence-electron chi connectivity index (χ1n) is 7.50. The average Bonchev–Trinajstić information content (AvgIpc) is 2.92. The molecule has 0 aliphatic carbocycles. The number of halogens is 2. The van der Waals surface area contributed by atoms with Crippen molar-refractivity contribution in [3.8, 4) is 11.5 Å². The first kappa shape index (κ1) is 18.1.